The first-order valence-electron chi connectivity index (χ1n) is 4.85. The highest BCUT2D eigenvalue weighted by Crippen LogP contribution is 2.24. The Hall–Kier alpha value is -1.06. The van der Waals surface area contributed by atoms with Crippen molar-refractivity contribution in [2.24, 2.45) is 5.92 Å². The van der Waals surface area contributed by atoms with Crippen molar-refractivity contribution in [3.63, 3.8) is 0 Å². The SMILES string of the molecule is N#CC(CNCc1cccc(Br)c1)C(F)(F)F. The first kappa shape index (κ1) is 14.0. The molecule has 0 fully saturated rings. The molecule has 0 aromatic heterocycles. The van der Waals surface area contributed by atoms with Crippen molar-refractivity contribution in [1.82, 2.24) is 5.32 Å². The number of benzene rings is 1. The van der Waals surface area contributed by atoms with Gasteiger partial charge in [0.1, 0.15) is 0 Å². The van der Waals surface area contributed by atoms with Gasteiger partial charge >= 0.3 is 6.18 Å². The van der Waals surface area contributed by atoms with Crippen molar-refractivity contribution >= 4 is 15.9 Å². The lowest BCUT2D eigenvalue weighted by atomic mass is 10.1. The smallest absolute Gasteiger partial charge is 0.311 e. The minimum Gasteiger partial charge on any atom is -0.311 e. The van der Waals surface area contributed by atoms with Gasteiger partial charge in [0, 0.05) is 17.6 Å². The van der Waals surface area contributed by atoms with E-state index >= 15 is 0 Å². The Morgan fingerprint density at radius 1 is 1.41 bits per heavy atom. The second-order valence-corrected chi connectivity index (χ2v) is 4.40. The molecule has 17 heavy (non-hydrogen) atoms. The van der Waals surface area contributed by atoms with Crippen LogP contribution in [0.15, 0.2) is 28.7 Å². The molecule has 0 radical (unpaired) electrons. The van der Waals surface area contributed by atoms with Crippen LogP contribution in [0.4, 0.5) is 13.2 Å². The van der Waals surface area contributed by atoms with Gasteiger partial charge in [0.15, 0.2) is 5.92 Å². The summed E-state index contributed by atoms with van der Waals surface area (Å²) in [6.07, 6.45) is -4.47. The highest BCUT2D eigenvalue weighted by atomic mass is 79.9. The number of alkyl halides is 3. The van der Waals surface area contributed by atoms with Gasteiger partial charge in [0.05, 0.1) is 6.07 Å². The zero-order chi connectivity index (χ0) is 12.9. The van der Waals surface area contributed by atoms with Crippen LogP contribution in [0, 0.1) is 17.2 Å². The van der Waals surface area contributed by atoms with E-state index in [1.54, 1.807) is 12.1 Å². The van der Waals surface area contributed by atoms with Gasteiger partial charge in [-0.05, 0) is 17.7 Å². The predicted octanol–water partition coefficient (Wildman–Crippen LogP) is 3.24. The molecule has 92 valence electrons. The summed E-state index contributed by atoms with van der Waals surface area (Å²) in [4.78, 5) is 0. The highest BCUT2D eigenvalue weighted by Gasteiger charge is 2.39. The maximum Gasteiger partial charge on any atom is 0.405 e. The average Bonchev–Trinajstić information content (AvgIpc) is 2.22. The molecule has 0 saturated heterocycles. The van der Waals surface area contributed by atoms with Gasteiger partial charge in [-0.15, -0.1) is 0 Å². The molecule has 1 N–H and O–H groups in total. The fraction of sp³-hybridized carbons (Fsp3) is 0.364. The van der Waals surface area contributed by atoms with Gasteiger partial charge in [-0.3, -0.25) is 0 Å². The molecular weight excluding hydrogens is 297 g/mol. The summed E-state index contributed by atoms with van der Waals surface area (Å²) in [6, 6.07) is 8.48. The molecule has 1 unspecified atom stereocenters. The summed E-state index contributed by atoms with van der Waals surface area (Å²) in [6.45, 7) is -0.0970. The second kappa shape index (κ2) is 6.03. The van der Waals surface area contributed by atoms with Crippen LogP contribution in [0.5, 0.6) is 0 Å². The standard InChI is InChI=1S/C11H10BrF3N2/c12-10-3-1-2-8(4-10)6-17-7-9(5-16)11(13,14)15/h1-4,9,17H,6-7H2. The van der Waals surface area contributed by atoms with Crippen molar-refractivity contribution in [1.29, 1.82) is 5.26 Å². The second-order valence-electron chi connectivity index (χ2n) is 3.48. The predicted molar refractivity (Wildman–Crippen MR) is 61.0 cm³/mol. The van der Waals surface area contributed by atoms with Crippen LogP contribution in [0.1, 0.15) is 5.56 Å². The molecule has 2 nitrogen and oxygen atoms in total. The van der Waals surface area contributed by atoms with Crippen LogP contribution in [0.3, 0.4) is 0 Å². The highest BCUT2D eigenvalue weighted by molar-refractivity contribution is 9.10. The summed E-state index contributed by atoms with van der Waals surface area (Å²) in [5.41, 5.74) is 0.859. The van der Waals surface area contributed by atoms with Gasteiger partial charge in [-0.1, -0.05) is 28.1 Å². The topological polar surface area (TPSA) is 35.8 Å². The van der Waals surface area contributed by atoms with E-state index in [0.29, 0.717) is 6.54 Å². The summed E-state index contributed by atoms with van der Waals surface area (Å²) < 4.78 is 37.6. The number of halogens is 4. The van der Waals surface area contributed by atoms with Gasteiger partial charge in [0.2, 0.25) is 0 Å². The van der Waals surface area contributed by atoms with E-state index in [4.69, 9.17) is 5.26 Å². The lowest BCUT2D eigenvalue weighted by Gasteiger charge is -2.13. The van der Waals surface area contributed by atoms with Crippen LogP contribution < -0.4 is 5.32 Å². The van der Waals surface area contributed by atoms with Crippen LogP contribution in [-0.2, 0) is 6.54 Å². The average molecular weight is 307 g/mol. The maximum absolute atomic E-state index is 12.2. The van der Waals surface area contributed by atoms with Gasteiger partial charge in [0.25, 0.3) is 0 Å². The van der Waals surface area contributed by atoms with Crippen LogP contribution in [0.25, 0.3) is 0 Å². The van der Waals surface area contributed by atoms with E-state index in [-0.39, 0.29) is 0 Å². The number of hydrogen-bond acceptors (Lipinski definition) is 2. The first-order valence-corrected chi connectivity index (χ1v) is 5.64. The van der Waals surface area contributed by atoms with Crippen molar-refractivity contribution in [2.75, 3.05) is 6.54 Å². The maximum atomic E-state index is 12.2. The van der Waals surface area contributed by atoms with E-state index < -0.39 is 18.6 Å². The number of nitriles is 1. The van der Waals surface area contributed by atoms with E-state index in [9.17, 15) is 13.2 Å². The molecular formula is C11H10BrF3N2. The van der Waals surface area contributed by atoms with Crippen molar-refractivity contribution < 1.29 is 13.2 Å². The molecule has 0 heterocycles. The molecule has 6 heteroatoms. The number of hydrogen-bond donors (Lipinski definition) is 1. The third-order valence-corrected chi connectivity index (χ3v) is 2.61. The zero-order valence-electron chi connectivity index (χ0n) is 8.76. The Morgan fingerprint density at radius 2 is 2.12 bits per heavy atom. The molecule has 1 aromatic rings. The third-order valence-electron chi connectivity index (χ3n) is 2.12. The van der Waals surface area contributed by atoms with E-state index in [1.165, 1.54) is 6.07 Å². The lowest BCUT2D eigenvalue weighted by Crippen LogP contribution is -2.32. The van der Waals surface area contributed by atoms with Crippen LogP contribution in [-0.4, -0.2) is 12.7 Å². The lowest BCUT2D eigenvalue weighted by molar-refractivity contribution is -0.157. The molecule has 0 saturated carbocycles. The largest absolute Gasteiger partial charge is 0.405 e. The van der Waals surface area contributed by atoms with Gasteiger partial charge < -0.3 is 5.32 Å². The van der Waals surface area contributed by atoms with E-state index in [0.717, 1.165) is 10.0 Å². The molecule has 0 aliphatic carbocycles. The fourth-order valence-electron chi connectivity index (χ4n) is 1.24. The third kappa shape index (κ3) is 4.75. The molecule has 0 spiro atoms. The Balaban J connectivity index is 2.45. The summed E-state index contributed by atoms with van der Waals surface area (Å²) in [5.74, 6) is -1.96. The Labute approximate surface area is 106 Å². The molecule has 0 aliphatic rings. The Bertz CT molecular complexity index is 412. The molecule has 0 aliphatic heterocycles. The molecule has 1 atom stereocenters. The fourth-order valence-corrected chi connectivity index (χ4v) is 1.69. The van der Waals surface area contributed by atoms with Crippen molar-refractivity contribution in [3.05, 3.63) is 34.3 Å². The number of rotatable bonds is 4. The Morgan fingerprint density at radius 3 is 2.65 bits per heavy atom. The van der Waals surface area contributed by atoms with E-state index in [2.05, 4.69) is 21.2 Å². The van der Waals surface area contributed by atoms with Gasteiger partial charge in [-0.25, -0.2) is 0 Å². The van der Waals surface area contributed by atoms with Crippen molar-refractivity contribution in [3.8, 4) is 6.07 Å². The summed E-state index contributed by atoms with van der Waals surface area (Å²) in [5, 5.41) is 11.0. The Kier molecular flexibility index (Phi) is 4.97. The van der Waals surface area contributed by atoms with Crippen LogP contribution in [0.2, 0.25) is 0 Å². The quantitative estimate of drug-likeness (QED) is 0.927. The molecule has 1 rings (SSSR count). The van der Waals surface area contributed by atoms with Crippen LogP contribution >= 0.6 is 15.9 Å². The minimum absolute atomic E-state index is 0.299. The normalized spacial score (nSPS) is 13.1. The summed E-state index contributed by atoms with van der Waals surface area (Å²) in [7, 11) is 0. The summed E-state index contributed by atoms with van der Waals surface area (Å²) >= 11 is 3.27. The van der Waals surface area contributed by atoms with E-state index in [1.807, 2.05) is 12.1 Å². The molecule has 0 bridgehead atoms. The number of nitrogens with one attached hydrogen (secondary N) is 1. The van der Waals surface area contributed by atoms with Gasteiger partial charge in [-0.2, -0.15) is 18.4 Å². The monoisotopic (exact) mass is 306 g/mol. The first-order chi connectivity index (χ1) is 7.93. The molecule has 0 amide bonds. The van der Waals surface area contributed by atoms with Crippen molar-refractivity contribution in [2.45, 2.75) is 12.7 Å². The minimum atomic E-state index is -4.47. The number of nitrogens with zero attached hydrogens (tertiary/aromatic N) is 1. The molecule has 1 aromatic carbocycles. The zero-order valence-corrected chi connectivity index (χ0v) is 10.3.